The summed E-state index contributed by atoms with van der Waals surface area (Å²) in [5, 5.41) is 13.9. The van der Waals surface area contributed by atoms with Gasteiger partial charge in [-0.15, -0.1) is 0 Å². The molecule has 1 rings (SSSR count). The first-order valence-corrected chi connectivity index (χ1v) is 6.03. The molecule has 0 atom stereocenters. The van der Waals surface area contributed by atoms with Gasteiger partial charge >= 0.3 is 0 Å². The van der Waals surface area contributed by atoms with Crippen LogP contribution >= 0.6 is 11.3 Å². The van der Waals surface area contributed by atoms with Gasteiger partial charge in [-0.05, 0) is 0 Å². The Morgan fingerprint density at radius 1 is 1.56 bits per heavy atom. The molecule has 18 heavy (non-hydrogen) atoms. The van der Waals surface area contributed by atoms with Crippen LogP contribution in [0.1, 0.15) is 18.2 Å². The number of carbonyl (C=O) groups is 2. The van der Waals surface area contributed by atoms with E-state index >= 15 is 0 Å². The summed E-state index contributed by atoms with van der Waals surface area (Å²) in [5.41, 5.74) is 0. The van der Waals surface area contributed by atoms with Crippen LogP contribution in [0.2, 0.25) is 0 Å². The number of carbonyl (C=O) groups excluding carboxylic acids is 2. The Bertz CT molecular complexity index is 487. The van der Waals surface area contributed by atoms with E-state index in [1.165, 1.54) is 18.3 Å². The van der Waals surface area contributed by atoms with Crippen LogP contribution in [0.4, 0.5) is 5.13 Å². The number of aliphatic hydroxyl groups excluding tert-OH is 1. The van der Waals surface area contributed by atoms with Gasteiger partial charge in [-0.25, -0.2) is 4.98 Å². The fraction of sp³-hybridized carbons (Fsp3) is 0.364. The Morgan fingerprint density at radius 2 is 2.33 bits per heavy atom. The lowest BCUT2D eigenvalue weighted by atomic mass is 10.4. The number of aliphatic hydroxyl groups is 1. The predicted molar refractivity (Wildman–Crippen MR) is 68.0 cm³/mol. The Balaban J connectivity index is 2.46. The lowest BCUT2D eigenvalue weighted by Crippen LogP contribution is -2.31. The second-order valence-electron chi connectivity index (χ2n) is 3.26. The molecule has 0 spiro atoms. The van der Waals surface area contributed by atoms with Gasteiger partial charge in [-0.3, -0.25) is 9.59 Å². The number of thiazole rings is 1. The van der Waals surface area contributed by atoms with E-state index in [4.69, 9.17) is 5.11 Å². The van der Waals surface area contributed by atoms with E-state index in [0.717, 1.165) is 0 Å². The molecule has 0 aliphatic heterocycles. The average molecular weight is 267 g/mol. The van der Waals surface area contributed by atoms with Crippen molar-refractivity contribution >= 4 is 28.3 Å². The second-order valence-corrected chi connectivity index (χ2v) is 4.29. The largest absolute Gasteiger partial charge is 0.395 e. The quantitative estimate of drug-likeness (QED) is 0.667. The van der Waals surface area contributed by atoms with Gasteiger partial charge in [-0.1, -0.05) is 23.2 Å². The maximum absolute atomic E-state index is 11.4. The molecule has 3 N–H and O–H groups in total. The standard InChI is InChI=1S/C11H13N3O3S/c1-8(16)12-7-10(17)14-11-13-6-9(18-11)4-2-3-5-15/h6,15H,3,5,7H2,1H3,(H,12,16)(H,13,14,17). The molecule has 0 unspecified atom stereocenters. The fourth-order valence-corrected chi connectivity index (χ4v) is 1.67. The van der Waals surface area contributed by atoms with Crippen molar-refractivity contribution in [3.63, 3.8) is 0 Å². The van der Waals surface area contributed by atoms with Gasteiger partial charge in [0.1, 0.15) is 0 Å². The first kappa shape index (κ1) is 14.2. The van der Waals surface area contributed by atoms with Crippen LogP contribution in [0.3, 0.4) is 0 Å². The van der Waals surface area contributed by atoms with E-state index < -0.39 is 0 Å². The molecule has 0 radical (unpaired) electrons. The van der Waals surface area contributed by atoms with Crippen molar-refractivity contribution in [3.8, 4) is 11.8 Å². The third-order valence-electron chi connectivity index (χ3n) is 1.70. The first-order valence-electron chi connectivity index (χ1n) is 5.21. The molecule has 7 heteroatoms. The molecule has 0 fully saturated rings. The number of anilines is 1. The maximum Gasteiger partial charge on any atom is 0.245 e. The zero-order valence-electron chi connectivity index (χ0n) is 9.82. The van der Waals surface area contributed by atoms with E-state index in [1.54, 1.807) is 6.20 Å². The number of hydrogen-bond acceptors (Lipinski definition) is 5. The number of rotatable bonds is 4. The predicted octanol–water partition coefficient (Wildman–Crippen LogP) is -0.0484. The fourth-order valence-electron chi connectivity index (χ4n) is 0.963. The molecule has 2 amide bonds. The van der Waals surface area contributed by atoms with Crippen LogP contribution < -0.4 is 10.6 Å². The van der Waals surface area contributed by atoms with Crippen LogP contribution in [0, 0.1) is 11.8 Å². The van der Waals surface area contributed by atoms with Gasteiger partial charge in [0.05, 0.1) is 24.2 Å². The number of nitrogens with one attached hydrogen (secondary N) is 2. The minimum Gasteiger partial charge on any atom is -0.395 e. The van der Waals surface area contributed by atoms with Crippen LogP contribution in [0.5, 0.6) is 0 Å². The molecule has 0 bridgehead atoms. The topological polar surface area (TPSA) is 91.3 Å². The first-order chi connectivity index (χ1) is 8.61. The Labute approximate surface area is 108 Å². The maximum atomic E-state index is 11.4. The van der Waals surface area contributed by atoms with Crippen molar-refractivity contribution in [1.82, 2.24) is 10.3 Å². The number of hydrogen-bond donors (Lipinski definition) is 3. The summed E-state index contributed by atoms with van der Waals surface area (Å²) >= 11 is 1.23. The van der Waals surface area contributed by atoms with Gasteiger partial charge in [0.15, 0.2) is 5.13 Å². The molecule has 1 aromatic heterocycles. The van der Waals surface area contributed by atoms with Gasteiger partial charge in [0, 0.05) is 13.3 Å². The second kappa shape index (κ2) is 7.42. The van der Waals surface area contributed by atoms with Gasteiger partial charge in [0.2, 0.25) is 11.8 Å². The normalized spacial score (nSPS) is 9.22. The zero-order chi connectivity index (χ0) is 13.4. The van der Waals surface area contributed by atoms with Crippen molar-refractivity contribution in [2.24, 2.45) is 0 Å². The number of aromatic nitrogens is 1. The van der Waals surface area contributed by atoms with Crippen molar-refractivity contribution in [2.75, 3.05) is 18.5 Å². The molecule has 0 aromatic carbocycles. The molecule has 96 valence electrons. The van der Waals surface area contributed by atoms with E-state index in [1.807, 2.05) is 0 Å². The van der Waals surface area contributed by atoms with Crippen molar-refractivity contribution in [1.29, 1.82) is 0 Å². The average Bonchev–Trinajstić information content (AvgIpc) is 2.74. The molecule has 0 saturated heterocycles. The summed E-state index contributed by atoms with van der Waals surface area (Å²) in [5.74, 6) is 4.97. The monoisotopic (exact) mass is 267 g/mol. The van der Waals surface area contributed by atoms with E-state index in [-0.39, 0.29) is 25.0 Å². The Morgan fingerprint density at radius 3 is 3.00 bits per heavy atom. The third kappa shape index (κ3) is 5.43. The minimum atomic E-state index is -0.339. The van der Waals surface area contributed by atoms with Crippen LogP contribution in [-0.4, -0.2) is 35.1 Å². The van der Waals surface area contributed by atoms with Crippen LogP contribution in [0.15, 0.2) is 6.20 Å². The van der Waals surface area contributed by atoms with Crippen molar-refractivity contribution in [3.05, 3.63) is 11.1 Å². The molecular formula is C11H13N3O3S. The van der Waals surface area contributed by atoms with Gasteiger partial charge < -0.3 is 15.7 Å². The Kier molecular flexibility index (Phi) is 5.84. The highest BCUT2D eigenvalue weighted by molar-refractivity contribution is 7.16. The van der Waals surface area contributed by atoms with Crippen molar-refractivity contribution in [2.45, 2.75) is 13.3 Å². The molecule has 1 heterocycles. The van der Waals surface area contributed by atoms with Gasteiger partial charge in [0.25, 0.3) is 0 Å². The summed E-state index contributed by atoms with van der Waals surface area (Å²) in [4.78, 5) is 26.6. The lowest BCUT2D eigenvalue weighted by Gasteiger charge is -2.01. The SMILES string of the molecule is CC(=O)NCC(=O)Nc1ncc(C#CCCO)s1. The van der Waals surface area contributed by atoms with Gasteiger partial charge in [-0.2, -0.15) is 0 Å². The Hall–Kier alpha value is -1.91. The highest BCUT2D eigenvalue weighted by Gasteiger charge is 2.05. The van der Waals surface area contributed by atoms with Crippen LogP contribution in [0.25, 0.3) is 0 Å². The highest BCUT2D eigenvalue weighted by atomic mass is 32.1. The summed E-state index contributed by atoms with van der Waals surface area (Å²) in [6, 6.07) is 0. The molecular weight excluding hydrogens is 254 g/mol. The van der Waals surface area contributed by atoms with Crippen molar-refractivity contribution < 1.29 is 14.7 Å². The molecule has 0 aliphatic rings. The summed E-state index contributed by atoms with van der Waals surface area (Å²) in [6.07, 6.45) is 1.95. The summed E-state index contributed by atoms with van der Waals surface area (Å²) in [7, 11) is 0. The highest BCUT2D eigenvalue weighted by Crippen LogP contribution is 2.16. The summed E-state index contributed by atoms with van der Waals surface area (Å²) in [6.45, 7) is 1.28. The van der Waals surface area contributed by atoms with E-state index in [2.05, 4.69) is 27.5 Å². The minimum absolute atomic E-state index is 0.0200. The third-order valence-corrected chi connectivity index (χ3v) is 2.53. The lowest BCUT2D eigenvalue weighted by molar-refractivity contribution is -0.122. The van der Waals surface area contributed by atoms with E-state index in [0.29, 0.717) is 16.4 Å². The smallest absolute Gasteiger partial charge is 0.245 e. The molecule has 0 saturated carbocycles. The molecule has 1 aromatic rings. The molecule has 6 nitrogen and oxygen atoms in total. The number of amides is 2. The van der Waals surface area contributed by atoms with E-state index in [9.17, 15) is 9.59 Å². The summed E-state index contributed by atoms with van der Waals surface area (Å²) < 4.78 is 0. The van der Waals surface area contributed by atoms with Crippen LogP contribution in [-0.2, 0) is 9.59 Å². The number of nitrogens with zero attached hydrogens (tertiary/aromatic N) is 1. The molecule has 0 aliphatic carbocycles. The zero-order valence-corrected chi connectivity index (χ0v) is 10.6.